The zero-order valence-corrected chi connectivity index (χ0v) is 17.3. The van der Waals surface area contributed by atoms with Crippen LogP contribution in [-0.2, 0) is 20.9 Å². The lowest BCUT2D eigenvalue weighted by molar-refractivity contribution is -0.122. The van der Waals surface area contributed by atoms with Crippen molar-refractivity contribution in [1.82, 2.24) is 14.8 Å². The van der Waals surface area contributed by atoms with E-state index in [1.54, 1.807) is 11.9 Å². The molecule has 1 aliphatic rings. The van der Waals surface area contributed by atoms with Crippen LogP contribution in [0.1, 0.15) is 43.0 Å². The number of amides is 2. The van der Waals surface area contributed by atoms with Crippen LogP contribution in [0.25, 0.3) is 0 Å². The number of ether oxygens (including phenoxy) is 1. The number of nitrogens with zero attached hydrogens (tertiary/aromatic N) is 3. The second-order valence-corrected chi connectivity index (χ2v) is 7.36. The average Bonchev–Trinajstić information content (AvgIpc) is 3.23. The lowest BCUT2D eigenvalue weighted by Gasteiger charge is -2.19. The number of anilines is 1. The highest BCUT2D eigenvalue weighted by molar-refractivity contribution is 5.93. The van der Waals surface area contributed by atoms with Gasteiger partial charge in [0.15, 0.2) is 0 Å². The monoisotopic (exact) mass is 389 g/mol. The zero-order chi connectivity index (χ0) is 20.7. The van der Waals surface area contributed by atoms with Crippen LogP contribution in [0.2, 0.25) is 0 Å². The summed E-state index contributed by atoms with van der Waals surface area (Å²) >= 11 is 0. The highest BCUT2D eigenvalue weighted by Gasteiger charge is 2.24. The molecular weight excluding hydrogens is 358 g/mol. The molecule has 2 N–H and O–H groups in total. The van der Waals surface area contributed by atoms with E-state index in [2.05, 4.69) is 16.7 Å². The average molecular weight is 390 g/mol. The molecule has 0 spiro atoms. The van der Waals surface area contributed by atoms with Crippen LogP contribution < -0.4 is 10.6 Å². The third-order valence-electron chi connectivity index (χ3n) is 5.01. The molecule has 1 aromatic rings. The molecule has 1 aliphatic heterocycles. The van der Waals surface area contributed by atoms with Crippen molar-refractivity contribution in [3.63, 3.8) is 0 Å². The highest BCUT2D eigenvalue weighted by Crippen LogP contribution is 2.28. The number of nitriles is 1. The van der Waals surface area contributed by atoms with Gasteiger partial charge in [-0.2, -0.15) is 5.26 Å². The van der Waals surface area contributed by atoms with E-state index in [1.165, 1.54) is 0 Å². The zero-order valence-electron chi connectivity index (χ0n) is 17.3. The summed E-state index contributed by atoms with van der Waals surface area (Å²) < 4.78 is 7.69. The van der Waals surface area contributed by atoms with Crippen LogP contribution in [0.15, 0.2) is 0 Å². The SMILES string of the molecule is CCCNC(=O)CN(C)CC(=O)Nc1c(C#N)c(C)c(C)n1CC1CCCO1. The lowest BCUT2D eigenvalue weighted by atomic mass is 10.2. The topological polar surface area (TPSA) is 99.4 Å². The Morgan fingerprint density at radius 3 is 2.64 bits per heavy atom. The minimum absolute atomic E-state index is 0.0631. The van der Waals surface area contributed by atoms with Crippen LogP contribution in [0.4, 0.5) is 5.82 Å². The minimum atomic E-state index is -0.256. The number of hydrogen-bond donors (Lipinski definition) is 2. The fourth-order valence-corrected chi connectivity index (χ4v) is 3.39. The molecule has 1 aromatic heterocycles. The molecule has 28 heavy (non-hydrogen) atoms. The van der Waals surface area contributed by atoms with Gasteiger partial charge in [-0.3, -0.25) is 14.5 Å². The number of nitrogens with one attached hydrogen (secondary N) is 2. The summed E-state index contributed by atoms with van der Waals surface area (Å²) in [6.07, 6.45) is 2.97. The third kappa shape index (κ3) is 5.57. The smallest absolute Gasteiger partial charge is 0.239 e. The first kappa shape index (κ1) is 21.9. The predicted molar refractivity (Wildman–Crippen MR) is 107 cm³/mol. The van der Waals surface area contributed by atoms with Crippen LogP contribution >= 0.6 is 0 Å². The van der Waals surface area contributed by atoms with Gasteiger partial charge in [0.25, 0.3) is 0 Å². The summed E-state index contributed by atoms with van der Waals surface area (Å²) in [5.74, 6) is 0.151. The van der Waals surface area contributed by atoms with Gasteiger partial charge in [-0.25, -0.2) is 0 Å². The molecule has 0 bridgehead atoms. The second-order valence-electron chi connectivity index (χ2n) is 7.36. The van der Waals surface area contributed by atoms with Gasteiger partial charge >= 0.3 is 0 Å². The van der Waals surface area contributed by atoms with Crippen LogP contribution in [-0.4, -0.2) is 60.7 Å². The Morgan fingerprint density at radius 2 is 2.04 bits per heavy atom. The Kier molecular flexibility index (Phi) is 8.03. The van der Waals surface area contributed by atoms with Crippen molar-refractivity contribution in [3.8, 4) is 6.07 Å². The molecule has 0 radical (unpaired) electrons. The Hall–Kier alpha value is -2.37. The van der Waals surface area contributed by atoms with Crippen molar-refractivity contribution < 1.29 is 14.3 Å². The van der Waals surface area contributed by atoms with Crippen molar-refractivity contribution in [1.29, 1.82) is 5.26 Å². The third-order valence-corrected chi connectivity index (χ3v) is 5.01. The Bertz CT molecular complexity index is 744. The normalized spacial score (nSPS) is 16.2. The van der Waals surface area contributed by atoms with Gasteiger partial charge < -0.3 is 19.9 Å². The first-order valence-electron chi connectivity index (χ1n) is 9.83. The van der Waals surface area contributed by atoms with Gasteiger partial charge in [-0.1, -0.05) is 6.92 Å². The van der Waals surface area contributed by atoms with E-state index in [4.69, 9.17) is 4.74 Å². The van der Waals surface area contributed by atoms with E-state index in [0.717, 1.165) is 37.1 Å². The van der Waals surface area contributed by atoms with Crippen LogP contribution in [0.5, 0.6) is 0 Å². The van der Waals surface area contributed by atoms with Gasteiger partial charge in [0.2, 0.25) is 11.8 Å². The number of aromatic nitrogens is 1. The molecular formula is C20H31N5O3. The fraction of sp³-hybridized carbons (Fsp3) is 0.650. The van der Waals surface area contributed by atoms with Crippen molar-refractivity contribution >= 4 is 17.6 Å². The molecule has 2 heterocycles. The molecule has 154 valence electrons. The maximum Gasteiger partial charge on any atom is 0.239 e. The molecule has 1 unspecified atom stereocenters. The Labute approximate surface area is 166 Å². The summed E-state index contributed by atoms with van der Waals surface area (Å²) in [7, 11) is 1.72. The fourth-order valence-electron chi connectivity index (χ4n) is 3.39. The van der Waals surface area contributed by atoms with Gasteiger partial charge in [-0.05, 0) is 45.7 Å². The van der Waals surface area contributed by atoms with Crippen molar-refractivity contribution in [2.75, 3.05) is 38.6 Å². The molecule has 1 saturated heterocycles. The molecule has 8 nitrogen and oxygen atoms in total. The standard InChI is InChI=1S/C20H31N5O3/c1-5-8-22-18(26)12-24(4)13-19(27)23-20-17(10-21)14(2)15(3)25(20)11-16-7-6-9-28-16/h16H,5-9,11-13H2,1-4H3,(H,22,26)(H,23,27). The van der Waals surface area contributed by atoms with Gasteiger partial charge in [0, 0.05) is 18.8 Å². The first-order valence-corrected chi connectivity index (χ1v) is 9.83. The van der Waals surface area contributed by atoms with Crippen molar-refractivity contribution in [2.45, 2.75) is 52.7 Å². The Morgan fingerprint density at radius 1 is 1.32 bits per heavy atom. The molecule has 1 fully saturated rings. The van der Waals surface area contributed by atoms with E-state index in [-0.39, 0.29) is 31.0 Å². The number of hydrogen-bond acceptors (Lipinski definition) is 5. The van der Waals surface area contributed by atoms with E-state index in [1.807, 2.05) is 25.3 Å². The summed E-state index contributed by atoms with van der Waals surface area (Å²) in [5, 5.41) is 15.3. The molecule has 1 atom stereocenters. The minimum Gasteiger partial charge on any atom is -0.376 e. The van der Waals surface area contributed by atoms with E-state index in [9.17, 15) is 14.9 Å². The maximum absolute atomic E-state index is 12.6. The lowest BCUT2D eigenvalue weighted by Crippen LogP contribution is -2.39. The number of carbonyl (C=O) groups is 2. The van der Waals surface area contributed by atoms with Crippen molar-refractivity contribution in [3.05, 3.63) is 16.8 Å². The maximum atomic E-state index is 12.6. The van der Waals surface area contributed by atoms with Crippen LogP contribution in [0, 0.1) is 25.2 Å². The summed E-state index contributed by atoms with van der Waals surface area (Å²) in [5.41, 5.74) is 2.30. The van der Waals surface area contributed by atoms with Gasteiger partial charge in [-0.15, -0.1) is 0 Å². The first-order chi connectivity index (χ1) is 13.4. The molecule has 8 heteroatoms. The highest BCUT2D eigenvalue weighted by atomic mass is 16.5. The second kappa shape index (κ2) is 10.2. The predicted octanol–water partition coefficient (Wildman–Crippen LogP) is 1.55. The number of carbonyl (C=O) groups excluding carboxylic acids is 2. The summed E-state index contributed by atoms with van der Waals surface area (Å²) in [6, 6.07) is 2.21. The van der Waals surface area contributed by atoms with Crippen molar-refractivity contribution in [2.24, 2.45) is 0 Å². The number of rotatable bonds is 9. The molecule has 2 amide bonds. The molecule has 0 saturated carbocycles. The van der Waals surface area contributed by atoms with Gasteiger partial charge in [0.1, 0.15) is 11.9 Å². The summed E-state index contributed by atoms with van der Waals surface area (Å²) in [6.45, 7) is 8.02. The van der Waals surface area contributed by atoms with Gasteiger partial charge in [0.05, 0.1) is 31.3 Å². The summed E-state index contributed by atoms with van der Waals surface area (Å²) in [4.78, 5) is 26.0. The number of likely N-dealkylation sites (N-methyl/N-ethyl adjacent to an activating group) is 1. The van der Waals surface area contributed by atoms with E-state index >= 15 is 0 Å². The van der Waals surface area contributed by atoms with E-state index < -0.39 is 0 Å². The quantitative estimate of drug-likeness (QED) is 0.668. The molecule has 2 rings (SSSR count). The largest absolute Gasteiger partial charge is 0.376 e. The molecule has 0 aromatic carbocycles. The molecule has 0 aliphatic carbocycles. The van der Waals surface area contributed by atoms with E-state index in [0.29, 0.717) is 24.5 Å². The Balaban J connectivity index is 2.07. The van der Waals surface area contributed by atoms with Crippen LogP contribution in [0.3, 0.4) is 0 Å².